The summed E-state index contributed by atoms with van der Waals surface area (Å²) in [6.45, 7) is 11.5. The van der Waals surface area contributed by atoms with Crippen molar-refractivity contribution in [2.45, 2.75) is 45.6 Å². The molecule has 7 rings (SSSR count). The molecule has 202 valence electrons. The summed E-state index contributed by atoms with van der Waals surface area (Å²) in [5, 5.41) is 0. The van der Waals surface area contributed by atoms with E-state index in [1.165, 1.54) is 27.9 Å². The third kappa shape index (κ3) is 4.15. The first-order valence-electron chi connectivity index (χ1n) is 14.3. The normalized spacial score (nSPS) is 13.7. The molecular weight excluding hydrogens is 500 g/mol. The van der Waals surface area contributed by atoms with E-state index in [9.17, 15) is 0 Å². The Morgan fingerprint density at radius 3 is 2.02 bits per heavy atom. The second kappa shape index (κ2) is 9.21. The summed E-state index contributed by atoms with van der Waals surface area (Å²) >= 11 is 0. The molecule has 0 fully saturated rings. The fourth-order valence-corrected chi connectivity index (χ4v) is 6.43. The fourth-order valence-electron chi connectivity index (χ4n) is 6.43. The maximum absolute atomic E-state index is 6.31. The van der Waals surface area contributed by atoms with Crippen LogP contribution in [0.15, 0.2) is 120 Å². The Balaban J connectivity index is 1.27. The van der Waals surface area contributed by atoms with Crippen LogP contribution in [0, 0.1) is 0 Å². The van der Waals surface area contributed by atoms with Crippen molar-refractivity contribution in [1.82, 2.24) is 4.98 Å². The molecule has 1 heterocycles. The molecule has 0 spiro atoms. The minimum absolute atomic E-state index is 0.0380. The molecule has 5 aromatic carbocycles. The first-order chi connectivity index (χ1) is 19.7. The van der Waals surface area contributed by atoms with Crippen molar-refractivity contribution in [3.63, 3.8) is 0 Å². The Kier molecular flexibility index (Phi) is 5.69. The first kappa shape index (κ1) is 25.3. The highest BCUT2D eigenvalue weighted by Gasteiger charge is 2.36. The molecular formula is C38H34N2O. The lowest BCUT2D eigenvalue weighted by Gasteiger charge is -2.38. The van der Waals surface area contributed by atoms with Gasteiger partial charge in [-0.05, 0) is 91.1 Å². The number of fused-ring (bicyclic) bond motifs is 4. The van der Waals surface area contributed by atoms with Crippen LogP contribution >= 0.6 is 0 Å². The SMILES string of the molecule is CC1(C)c2ccccc2-c2ccc(N(c3ccc(-c4cccc5nc(-c6ccccc6)oc45)cc3)C(C)(C)C)cc21. The molecule has 3 nitrogen and oxygen atoms in total. The molecule has 0 amide bonds. The van der Waals surface area contributed by atoms with E-state index in [1.807, 2.05) is 36.4 Å². The lowest BCUT2D eigenvalue weighted by molar-refractivity contribution is 0.559. The highest BCUT2D eigenvalue weighted by atomic mass is 16.3. The molecule has 0 saturated carbocycles. The molecule has 0 unspecified atom stereocenters. The molecule has 0 saturated heterocycles. The Labute approximate surface area is 242 Å². The third-order valence-corrected chi connectivity index (χ3v) is 8.37. The van der Waals surface area contributed by atoms with Crippen LogP contribution in [0.5, 0.6) is 0 Å². The average molecular weight is 535 g/mol. The van der Waals surface area contributed by atoms with Crippen LogP contribution < -0.4 is 4.90 Å². The van der Waals surface area contributed by atoms with Gasteiger partial charge in [0.05, 0.1) is 0 Å². The Bertz CT molecular complexity index is 1890. The summed E-state index contributed by atoms with van der Waals surface area (Å²) in [6.07, 6.45) is 0. The van der Waals surface area contributed by atoms with Gasteiger partial charge in [0.15, 0.2) is 5.58 Å². The number of aromatic nitrogens is 1. The summed E-state index contributed by atoms with van der Waals surface area (Å²) < 4.78 is 6.31. The lowest BCUT2D eigenvalue weighted by Crippen LogP contribution is -2.37. The van der Waals surface area contributed by atoms with Gasteiger partial charge in [-0.1, -0.05) is 86.6 Å². The zero-order valence-electron chi connectivity index (χ0n) is 24.3. The molecule has 0 aliphatic heterocycles. The van der Waals surface area contributed by atoms with Gasteiger partial charge in [0.1, 0.15) is 5.52 Å². The van der Waals surface area contributed by atoms with Crippen LogP contribution in [0.3, 0.4) is 0 Å². The number of para-hydroxylation sites is 1. The molecule has 1 aliphatic carbocycles. The van der Waals surface area contributed by atoms with Gasteiger partial charge in [-0.25, -0.2) is 4.98 Å². The van der Waals surface area contributed by atoms with E-state index in [-0.39, 0.29) is 11.0 Å². The fraction of sp³-hybridized carbons (Fsp3) is 0.184. The van der Waals surface area contributed by atoms with Crippen LogP contribution in [-0.2, 0) is 5.41 Å². The molecule has 3 heteroatoms. The highest BCUT2D eigenvalue weighted by Crippen LogP contribution is 2.50. The van der Waals surface area contributed by atoms with E-state index < -0.39 is 0 Å². The molecule has 1 aromatic heterocycles. The van der Waals surface area contributed by atoms with Crippen molar-refractivity contribution in [3.8, 4) is 33.7 Å². The lowest BCUT2D eigenvalue weighted by atomic mass is 9.82. The van der Waals surface area contributed by atoms with Gasteiger partial charge < -0.3 is 9.32 Å². The van der Waals surface area contributed by atoms with Gasteiger partial charge >= 0.3 is 0 Å². The Morgan fingerprint density at radius 1 is 0.610 bits per heavy atom. The maximum atomic E-state index is 6.31. The largest absolute Gasteiger partial charge is 0.435 e. The number of rotatable bonds is 4. The summed E-state index contributed by atoms with van der Waals surface area (Å²) in [4.78, 5) is 7.21. The number of anilines is 2. The average Bonchev–Trinajstić information content (AvgIpc) is 3.51. The number of oxazole rings is 1. The summed E-state index contributed by atoms with van der Waals surface area (Å²) in [5.41, 5.74) is 12.5. The maximum Gasteiger partial charge on any atom is 0.227 e. The Morgan fingerprint density at radius 2 is 1.27 bits per heavy atom. The number of hydrogen-bond acceptors (Lipinski definition) is 3. The van der Waals surface area contributed by atoms with Crippen LogP contribution in [0.4, 0.5) is 11.4 Å². The van der Waals surface area contributed by atoms with Crippen LogP contribution in [0.25, 0.3) is 44.8 Å². The van der Waals surface area contributed by atoms with E-state index in [2.05, 4.69) is 118 Å². The second-order valence-corrected chi connectivity index (χ2v) is 12.5. The summed E-state index contributed by atoms with van der Waals surface area (Å²) in [7, 11) is 0. The molecule has 0 bridgehead atoms. The van der Waals surface area contributed by atoms with Crippen molar-refractivity contribution in [2.75, 3.05) is 4.90 Å². The predicted molar refractivity (Wildman–Crippen MR) is 171 cm³/mol. The van der Waals surface area contributed by atoms with Gasteiger partial charge in [-0.3, -0.25) is 0 Å². The summed E-state index contributed by atoms with van der Waals surface area (Å²) in [6, 6.07) is 40.9. The van der Waals surface area contributed by atoms with E-state index in [1.54, 1.807) is 0 Å². The van der Waals surface area contributed by atoms with Gasteiger partial charge in [-0.15, -0.1) is 0 Å². The van der Waals surface area contributed by atoms with Crippen molar-refractivity contribution >= 4 is 22.5 Å². The number of hydrogen-bond donors (Lipinski definition) is 0. The van der Waals surface area contributed by atoms with Crippen molar-refractivity contribution in [1.29, 1.82) is 0 Å². The molecule has 0 atom stereocenters. The third-order valence-electron chi connectivity index (χ3n) is 8.37. The van der Waals surface area contributed by atoms with Crippen molar-refractivity contribution in [3.05, 3.63) is 126 Å². The first-order valence-corrected chi connectivity index (χ1v) is 14.3. The number of benzene rings is 5. The van der Waals surface area contributed by atoms with Crippen LogP contribution in [-0.4, -0.2) is 10.5 Å². The molecule has 1 aliphatic rings. The molecule has 6 aromatic rings. The predicted octanol–water partition coefficient (Wildman–Crippen LogP) is 10.4. The van der Waals surface area contributed by atoms with E-state index in [0.29, 0.717) is 5.89 Å². The van der Waals surface area contributed by atoms with Crippen molar-refractivity contribution in [2.24, 2.45) is 0 Å². The van der Waals surface area contributed by atoms with Crippen LogP contribution in [0.2, 0.25) is 0 Å². The van der Waals surface area contributed by atoms with E-state index in [4.69, 9.17) is 9.40 Å². The molecule has 0 N–H and O–H groups in total. The topological polar surface area (TPSA) is 29.3 Å². The van der Waals surface area contributed by atoms with Crippen LogP contribution in [0.1, 0.15) is 45.7 Å². The molecule has 41 heavy (non-hydrogen) atoms. The smallest absolute Gasteiger partial charge is 0.227 e. The standard InChI is InChI=1S/C38H34N2O/c1-37(2,3)40(28-22-23-31-30-14-9-10-16-32(30)38(4,5)33(31)24-28)27-20-18-25(19-21-27)29-15-11-17-34-35(29)41-36(39-34)26-12-7-6-8-13-26/h6-24H,1-5H3. The number of nitrogens with zero attached hydrogens (tertiary/aromatic N) is 2. The Hall–Kier alpha value is -4.63. The molecule has 0 radical (unpaired) electrons. The van der Waals surface area contributed by atoms with Gasteiger partial charge in [0, 0.05) is 33.5 Å². The van der Waals surface area contributed by atoms with Crippen molar-refractivity contribution < 1.29 is 4.42 Å². The quantitative estimate of drug-likeness (QED) is 0.225. The minimum atomic E-state index is -0.124. The second-order valence-electron chi connectivity index (χ2n) is 12.5. The minimum Gasteiger partial charge on any atom is -0.435 e. The van der Waals surface area contributed by atoms with Gasteiger partial charge in [-0.2, -0.15) is 0 Å². The zero-order chi connectivity index (χ0) is 28.4. The zero-order valence-corrected chi connectivity index (χ0v) is 24.3. The van der Waals surface area contributed by atoms with Gasteiger partial charge in [0.2, 0.25) is 5.89 Å². The van der Waals surface area contributed by atoms with E-state index >= 15 is 0 Å². The monoisotopic (exact) mass is 534 g/mol. The van der Waals surface area contributed by atoms with Gasteiger partial charge in [0.25, 0.3) is 0 Å². The highest BCUT2D eigenvalue weighted by molar-refractivity contribution is 5.92. The van der Waals surface area contributed by atoms with E-state index in [0.717, 1.165) is 33.5 Å². The summed E-state index contributed by atoms with van der Waals surface area (Å²) in [5.74, 6) is 0.644.